The minimum atomic E-state index is -3.63. The highest BCUT2D eigenvalue weighted by molar-refractivity contribution is 9.10. The number of nitrogens with zero attached hydrogens (tertiary/aromatic N) is 1. The van der Waals surface area contributed by atoms with Gasteiger partial charge in [-0.1, -0.05) is 28.1 Å². The molecule has 2 aromatic rings. The zero-order valence-corrected chi connectivity index (χ0v) is 14.4. The maximum Gasteiger partial charge on any atom is 0.276 e. The lowest BCUT2D eigenvalue weighted by molar-refractivity contribution is 0.584. The van der Waals surface area contributed by atoms with Crippen LogP contribution in [0.2, 0.25) is 0 Å². The Bertz CT molecular complexity index is 727. The molecule has 2 rings (SSSR count). The molecule has 0 spiro atoms. The minimum absolute atomic E-state index is 0.167. The van der Waals surface area contributed by atoms with E-state index in [1.807, 2.05) is 30.5 Å². The molecular formula is C14H13BrN2O2S2. The van der Waals surface area contributed by atoms with Gasteiger partial charge in [-0.2, -0.15) is 13.5 Å². The van der Waals surface area contributed by atoms with Crippen molar-refractivity contribution in [2.45, 2.75) is 9.79 Å². The van der Waals surface area contributed by atoms with E-state index in [0.717, 1.165) is 14.9 Å². The lowest BCUT2D eigenvalue weighted by atomic mass is 10.2. The summed E-state index contributed by atoms with van der Waals surface area (Å²) in [7, 11) is -3.63. The number of sulfonamides is 1. The Labute approximate surface area is 136 Å². The summed E-state index contributed by atoms with van der Waals surface area (Å²) in [5.41, 5.74) is 0.825. The zero-order chi connectivity index (χ0) is 15.3. The number of rotatable bonds is 5. The lowest BCUT2D eigenvalue weighted by Gasteiger charge is -2.03. The molecule has 4 nitrogen and oxygen atoms in total. The number of benzene rings is 2. The Morgan fingerprint density at radius 2 is 1.71 bits per heavy atom. The van der Waals surface area contributed by atoms with Crippen LogP contribution in [0.4, 0.5) is 0 Å². The Balaban J connectivity index is 2.06. The second-order valence-electron chi connectivity index (χ2n) is 4.08. The van der Waals surface area contributed by atoms with E-state index in [1.165, 1.54) is 18.3 Å². The third-order valence-electron chi connectivity index (χ3n) is 2.63. The van der Waals surface area contributed by atoms with Crippen LogP contribution in [0.15, 0.2) is 67.9 Å². The fourth-order valence-electron chi connectivity index (χ4n) is 1.53. The molecule has 0 aliphatic heterocycles. The zero-order valence-electron chi connectivity index (χ0n) is 11.2. The second-order valence-corrected chi connectivity index (χ2v) is 7.54. The molecule has 0 unspecified atom stereocenters. The number of hydrogen-bond donors (Lipinski definition) is 1. The second kappa shape index (κ2) is 7.11. The molecule has 0 heterocycles. The minimum Gasteiger partial charge on any atom is -0.200 e. The van der Waals surface area contributed by atoms with Crippen molar-refractivity contribution >= 4 is 43.9 Å². The third kappa shape index (κ3) is 4.59. The van der Waals surface area contributed by atoms with Crippen molar-refractivity contribution in [3.8, 4) is 0 Å². The molecule has 21 heavy (non-hydrogen) atoms. The highest BCUT2D eigenvalue weighted by Gasteiger charge is 2.11. The average molecular weight is 385 g/mol. The molecule has 0 bridgehead atoms. The summed E-state index contributed by atoms with van der Waals surface area (Å²) in [5.74, 6) is 0. The molecule has 2 aromatic carbocycles. The first-order chi connectivity index (χ1) is 10.0. The summed E-state index contributed by atoms with van der Waals surface area (Å²) in [6, 6.07) is 14.0. The van der Waals surface area contributed by atoms with Crippen LogP contribution in [0.1, 0.15) is 5.56 Å². The van der Waals surface area contributed by atoms with E-state index < -0.39 is 10.0 Å². The number of halogens is 1. The third-order valence-corrected chi connectivity index (χ3v) is 5.14. The first kappa shape index (κ1) is 16.1. The van der Waals surface area contributed by atoms with Gasteiger partial charge in [0.15, 0.2) is 0 Å². The van der Waals surface area contributed by atoms with Crippen LogP contribution in [0, 0.1) is 0 Å². The molecule has 110 valence electrons. The van der Waals surface area contributed by atoms with Gasteiger partial charge in [-0.3, -0.25) is 0 Å². The van der Waals surface area contributed by atoms with Gasteiger partial charge >= 0.3 is 0 Å². The van der Waals surface area contributed by atoms with E-state index in [1.54, 1.807) is 23.9 Å². The first-order valence-corrected chi connectivity index (χ1v) is 9.46. The largest absolute Gasteiger partial charge is 0.276 e. The van der Waals surface area contributed by atoms with Crippen LogP contribution >= 0.6 is 27.7 Å². The SMILES string of the molecule is CSc1ccc(C=NNS(=O)(=O)c2ccc(Br)cc2)cc1. The van der Waals surface area contributed by atoms with Crippen molar-refractivity contribution in [3.63, 3.8) is 0 Å². The number of thioether (sulfide) groups is 1. The smallest absolute Gasteiger partial charge is 0.200 e. The molecule has 0 aromatic heterocycles. The molecule has 0 aliphatic rings. The molecule has 7 heteroatoms. The van der Waals surface area contributed by atoms with Gasteiger partial charge in [-0.25, -0.2) is 4.83 Å². The van der Waals surface area contributed by atoms with Crippen molar-refractivity contribution < 1.29 is 8.42 Å². The van der Waals surface area contributed by atoms with Gasteiger partial charge in [-0.15, -0.1) is 11.8 Å². The van der Waals surface area contributed by atoms with Gasteiger partial charge in [0, 0.05) is 9.37 Å². The first-order valence-electron chi connectivity index (χ1n) is 5.96. The van der Waals surface area contributed by atoms with Crippen LogP contribution in [-0.2, 0) is 10.0 Å². The van der Waals surface area contributed by atoms with Crippen molar-refractivity contribution in [2.24, 2.45) is 5.10 Å². The van der Waals surface area contributed by atoms with Gasteiger partial charge in [0.25, 0.3) is 10.0 Å². The Morgan fingerprint density at radius 3 is 2.29 bits per heavy atom. The molecular weight excluding hydrogens is 372 g/mol. The molecule has 0 aliphatic carbocycles. The topological polar surface area (TPSA) is 58.5 Å². The lowest BCUT2D eigenvalue weighted by Crippen LogP contribution is -2.18. The van der Waals surface area contributed by atoms with Gasteiger partial charge < -0.3 is 0 Å². The van der Waals surface area contributed by atoms with Crippen molar-refractivity contribution in [1.82, 2.24) is 4.83 Å². The molecule has 0 saturated heterocycles. The average Bonchev–Trinajstić information content (AvgIpc) is 2.48. The monoisotopic (exact) mass is 384 g/mol. The van der Waals surface area contributed by atoms with Crippen molar-refractivity contribution in [1.29, 1.82) is 0 Å². The summed E-state index contributed by atoms with van der Waals surface area (Å²) in [6.07, 6.45) is 3.47. The summed E-state index contributed by atoms with van der Waals surface area (Å²) in [6.45, 7) is 0. The van der Waals surface area contributed by atoms with Crippen LogP contribution < -0.4 is 4.83 Å². The molecule has 0 fully saturated rings. The summed E-state index contributed by atoms with van der Waals surface area (Å²) >= 11 is 4.90. The molecule has 0 radical (unpaired) electrons. The van der Waals surface area contributed by atoms with Crippen LogP contribution in [0.3, 0.4) is 0 Å². The predicted octanol–water partition coefficient (Wildman–Crippen LogP) is 3.48. The van der Waals surface area contributed by atoms with Crippen LogP contribution in [-0.4, -0.2) is 20.9 Å². The van der Waals surface area contributed by atoms with Gasteiger partial charge in [0.2, 0.25) is 0 Å². The van der Waals surface area contributed by atoms with E-state index in [0.29, 0.717) is 0 Å². The summed E-state index contributed by atoms with van der Waals surface area (Å²) < 4.78 is 24.8. The van der Waals surface area contributed by atoms with Crippen molar-refractivity contribution in [2.75, 3.05) is 6.26 Å². The summed E-state index contributed by atoms with van der Waals surface area (Å²) in [5, 5.41) is 3.79. The van der Waals surface area contributed by atoms with Crippen LogP contribution in [0.25, 0.3) is 0 Å². The normalized spacial score (nSPS) is 11.7. The van der Waals surface area contributed by atoms with E-state index in [2.05, 4.69) is 25.9 Å². The maximum absolute atomic E-state index is 12.0. The number of hydrogen-bond acceptors (Lipinski definition) is 4. The predicted molar refractivity (Wildman–Crippen MR) is 90.3 cm³/mol. The fourth-order valence-corrected chi connectivity index (χ4v) is 2.99. The fraction of sp³-hybridized carbons (Fsp3) is 0.0714. The Morgan fingerprint density at radius 1 is 1.10 bits per heavy atom. The van der Waals surface area contributed by atoms with Crippen molar-refractivity contribution in [3.05, 3.63) is 58.6 Å². The highest BCUT2D eigenvalue weighted by atomic mass is 79.9. The Hall–Kier alpha value is -1.31. The number of hydrazone groups is 1. The van der Waals surface area contributed by atoms with Crippen LogP contribution in [0.5, 0.6) is 0 Å². The molecule has 0 amide bonds. The van der Waals surface area contributed by atoms with E-state index >= 15 is 0 Å². The van der Waals surface area contributed by atoms with E-state index in [4.69, 9.17) is 0 Å². The highest BCUT2D eigenvalue weighted by Crippen LogP contribution is 2.15. The molecule has 0 atom stereocenters. The maximum atomic E-state index is 12.0. The quantitative estimate of drug-likeness (QED) is 0.487. The van der Waals surface area contributed by atoms with E-state index in [9.17, 15) is 8.42 Å². The molecule has 0 saturated carbocycles. The Kier molecular flexibility index (Phi) is 5.44. The van der Waals surface area contributed by atoms with Gasteiger partial charge in [-0.05, 0) is 48.2 Å². The van der Waals surface area contributed by atoms with Gasteiger partial charge in [0.05, 0.1) is 11.1 Å². The van der Waals surface area contributed by atoms with Gasteiger partial charge in [0.1, 0.15) is 0 Å². The number of nitrogens with one attached hydrogen (secondary N) is 1. The van der Waals surface area contributed by atoms with E-state index in [-0.39, 0.29) is 4.90 Å². The summed E-state index contributed by atoms with van der Waals surface area (Å²) in [4.78, 5) is 3.50. The standard InChI is InChI=1S/C14H13BrN2O2S2/c1-20-13-6-2-11(3-7-13)10-16-17-21(18,19)14-8-4-12(15)5-9-14/h2-10,17H,1H3. The molecule has 1 N–H and O–H groups in total.